The first-order valence-electron chi connectivity index (χ1n) is 11.7. The fourth-order valence-corrected chi connectivity index (χ4v) is 4.47. The maximum absolute atomic E-state index is 15.4. The number of nitrogens with two attached hydrogens (primary N) is 2. The number of methoxy groups -OCH3 is 1. The van der Waals surface area contributed by atoms with Gasteiger partial charge in [0.25, 0.3) is 0 Å². The quantitative estimate of drug-likeness (QED) is 0.327. The van der Waals surface area contributed by atoms with Crippen molar-refractivity contribution in [3.05, 3.63) is 95.2 Å². The van der Waals surface area contributed by atoms with Crippen molar-refractivity contribution in [2.75, 3.05) is 18.6 Å². The third-order valence-corrected chi connectivity index (χ3v) is 6.36. The first-order valence-corrected chi connectivity index (χ1v) is 11.7. The minimum atomic E-state index is -0.651. The Morgan fingerprint density at radius 3 is 2.61 bits per heavy atom. The van der Waals surface area contributed by atoms with Crippen LogP contribution in [0.15, 0.2) is 66.7 Å². The van der Waals surface area contributed by atoms with E-state index in [2.05, 4.69) is 5.10 Å². The summed E-state index contributed by atoms with van der Waals surface area (Å²) < 4.78 is 22.4. The van der Waals surface area contributed by atoms with Gasteiger partial charge in [0.2, 0.25) is 0 Å². The van der Waals surface area contributed by atoms with Crippen LogP contribution in [-0.4, -0.2) is 26.9 Å². The van der Waals surface area contributed by atoms with E-state index in [0.717, 1.165) is 28.3 Å². The second-order valence-electron chi connectivity index (χ2n) is 8.70. The third-order valence-electron chi connectivity index (χ3n) is 6.36. The maximum Gasteiger partial charge on any atom is 0.181 e. The predicted molar refractivity (Wildman–Crippen MR) is 140 cm³/mol. The number of ether oxygens (including phenoxy) is 1. The number of pyridine rings is 1. The summed E-state index contributed by atoms with van der Waals surface area (Å²) in [6, 6.07) is 20.0. The number of nitrogen functional groups attached to an aromatic ring is 2. The Morgan fingerprint density at radius 2 is 1.83 bits per heavy atom. The van der Waals surface area contributed by atoms with Crippen molar-refractivity contribution in [2.24, 2.45) is 7.05 Å². The van der Waals surface area contributed by atoms with Gasteiger partial charge in [-0.05, 0) is 59.8 Å². The van der Waals surface area contributed by atoms with Crippen LogP contribution in [0, 0.1) is 5.82 Å². The first kappa shape index (κ1) is 23.3. The van der Waals surface area contributed by atoms with E-state index in [9.17, 15) is 0 Å². The molecular formula is C28H27FN6O. The molecule has 2 heterocycles. The molecule has 0 saturated heterocycles. The molecule has 2 aromatic heterocycles. The molecule has 3 aromatic carbocycles. The number of rotatable bonds is 6. The van der Waals surface area contributed by atoms with Crippen molar-refractivity contribution in [3.63, 3.8) is 0 Å². The molecule has 0 amide bonds. The van der Waals surface area contributed by atoms with E-state index >= 15 is 4.39 Å². The number of anilines is 2. The van der Waals surface area contributed by atoms with Crippen LogP contribution >= 0.6 is 0 Å². The summed E-state index contributed by atoms with van der Waals surface area (Å²) in [5.74, 6) is 1.07. The summed E-state index contributed by atoms with van der Waals surface area (Å²) >= 11 is 0. The molecule has 1 unspecified atom stereocenters. The van der Waals surface area contributed by atoms with E-state index in [-0.39, 0.29) is 5.82 Å². The molecule has 0 aliphatic carbocycles. The van der Waals surface area contributed by atoms with E-state index in [1.54, 1.807) is 31.0 Å². The topological polar surface area (TPSA) is 105 Å². The molecule has 0 radical (unpaired) electrons. The highest BCUT2D eigenvalue weighted by Gasteiger charge is 2.28. The van der Waals surface area contributed by atoms with Crippen molar-refractivity contribution >= 4 is 22.3 Å². The number of halogens is 1. The summed E-state index contributed by atoms with van der Waals surface area (Å²) in [5, 5.41) is 6.25. The summed E-state index contributed by atoms with van der Waals surface area (Å²) in [4.78, 5) is 9.56. The molecule has 0 saturated carbocycles. The van der Waals surface area contributed by atoms with Crippen LogP contribution in [0.5, 0.6) is 5.75 Å². The molecule has 0 aliphatic heterocycles. The summed E-state index contributed by atoms with van der Waals surface area (Å²) in [6.45, 7) is 2.03. The lowest BCUT2D eigenvalue weighted by molar-refractivity contribution is 0.415. The molecule has 5 rings (SSSR count). The van der Waals surface area contributed by atoms with E-state index in [1.165, 1.54) is 6.07 Å². The smallest absolute Gasteiger partial charge is 0.181 e. The van der Waals surface area contributed by atoms with Gasteiger partial charge in [0.05, 0.1) is 18.7 Å². The zero-order chi connectivity index (χ0) is 25.4. The number of nitrogens with zero attached hydrogens (tertiary/aromatic N) is 4. The molecule has 7 nitrogen and oxygen atoms in total. The van der Waals surface area contributed by atoms with Crippen molar-refractivity contribution in [1.29, 1.82) is 0 Å². The average molecular weight is 483 g/mol. The average Bonchev–Trinajstić information content (AvgIpc) is 3.26. The number of aromatic nitrogens is 4. The Balaban J connectivity index is 1.75. The largest absolute Gasteiger partial charge is 0.497 e. The molecule has 0 fully saturated rings. The maximum atomic E-state index is 15.4. The van der Waals surface area contributed by atoms with Crippen molar-refractivity contribution < 1.29 is 9.13 Å². The van der Waals surface area contributed by atoms with Gasteiger partial charge in [0, 0.05) is 29.2 Å². The first-order chi connectivity index (χ1) is 17.4. The highest BCUT2D eigenvalue weighted by Crippen LogP contribution is 2.36. The number of hydrogen-bond acceptors (Lipinski definition) is 6. The van der Waals surface area contributed by atoms with Crippen LogP contribution in [0.1, 0.15) is 35.5 Å². The Labute approximate surface area is 208 Å². The van der Waals surface area contributed by atoms with Crippen LogP contribution in [0.4, 0.5) is 15.9 Å². The Morgan fingerprint density at radius 1 is 1.00 bits per heavy atom. The van der Waals surface area contributed by atoms with Gasteiger partial charge in [0.1, 0.15) is 23.2 Å². The highest BCUT2D eigenvalue weighted by molar-refractivity contribution is 5.93. The molecule has 0 aliphatic rings. The van der Waals surface area contributed by atoms with Crippen LogP contribution in [0.2, 0.25) is 0 Å². The molecule has 0 bridgehead atoms. The summed E-state index contributed by atoms with van der Waals surface area (Å²) in [7, 11) is 3.40. The van der Waals surface area contributed by atoms with E-state index in [4.69, 9.17) is 26.2 Å². The molecule has 5 aromatic rings. The van der Waals surface area contributed by atoms with Gasteiger partial charge < -0.3 is 16.2 Å². The van der Waals surface area contributed by atoms with Crippen LogP contribution in [0.3, 0.4) is 0 Å². The lowest BCUT2D eigenvalue weighted by atomic mass is 9.91. The fraction of sp³-hybridized carbons (Fsp3) is 0.179. The van der Waals surface area contributed by atoms with Gasteiger partial charge in [0.15, 0.2) is 5.82 Å². The van der Waals surface area contributed by atoms with E-state index in [0.29, 0.717) is 40.2 Å². The normalized spacial score (nSPS) is 12.1. The minimum Gasteiger partial charge on any atom is -0.497 e. The third kappa shape index (κ3) is 4.22. The zero-order valence-corrected chi connectivity index (χ0v) is 20.4. The fourth-order valence-electron chi connectivity index (χ4n) is 4.47. The van der Waals surface area contributed by atoms with Gasteiger partial charge in [-0.25, -0.2) is 14.4 Å². The lowest BCUT2D eigenvalue weighted by Gasteiger charge is -2.19. The van der Waals surface area contributed by atoms with Crippen LogP contribution in [-0.2, 0) is 13.5 Å². The predicted octanol–water partition coefficient (Wildman–Crippen LogP) is 5.09. The molecule has 0 spiro atoms. The monoisotopic (exact) mass is 482 g/mol. The zero-order valence-electron chi connectivity index (χ0n) is 20.4. The van der Waals surface area contributed by atoms with E-state index in [1.807, 2.05) is 55.5 Å². The molecular weight excluding hydrogens is 455 g/mol. The van der Waals surface area contributed by atoms with Crippen molar-refractivity contribution in [1.82, 2.24) is 19.7 Å². The molecule has 4 N–H and O–H groups in total. The number of benzene rings is 3. The number of fused-ring (bicyclic) bond motifs is 1. The van der Waals surface area contributed by atoms with Gasteiger partial charge >= 0.3 is 0 Å². The molecule has 182 valence electrons. The summed E-state index contributed by atoms with van der Waals surface area (Å²) in [6.07, 6.45) is 0.762. The van der Waals surface area contributed by atoms with Crippen LogP contribution in [0.25, 0.3) is 22.2 Å². The second-order valence-corrected chi connectivity index (χ2v) is 8.70. The molecule has 1 atom stereocenters. The van der Waals surface area contributed by atoms with Gasteiger partial charge in [-0.3, -0.25) is 4.68 Å². The van der Waals surface area contributed by atoms with Gasteiger partial charge in [-0.1, -0.05) is 31.2 Å². The Hall–Kier alpha value is -4.46. The Kier molecular flexibility index (Phi) is 6.01. The Bertz CT molecular complexity index is 1580. The van der Waals surface area contributed by atoms with Gasteiger partial charge in [-0.15, -0.1) is 0 Å². The lowest BCUT2D eigenvalue weighted by Crippen LogP contribution is -2.14. The molecule has 36 heavy (non-hydrogen) atoms. The number of hydrogen-bond donors (Lipinski definition) is 2. The second kappa shape index (κ2) is 9.30. The summed E-state index contributed by atoms with van der Waals surface area (Å²) in [5.41, 5.74) is 15.8. The number of aryl methyl sites for hydroxylation is 2. The van der Waals surface area contributed by atoms with Crippen LogP contribution < -0.4 is 16.2 Å². The van der Waals surface area contributed by atoms with Crippen molar-refractivity contribution in [2.45, 2.75) is 19.3 Å². The minimum absolute atomic E-state index is 0.342. The SMILES string of the molecule is CCc1ccc(F)c(C(c2cc3cc(N)ccc3c(N)n2)c2nc(-c3cccc(OC)c3)nn2C)c1. The highest BCUT2D eigenvalue weighted by atomic mass is 19.1. The van der Waals surface area contributed by atoms with E-state index < -0.39 is 5.92 Å². The standard InChI is InChI=1S/C28H27FN6O/c1-4-16-8-11-23(29)22(12-16)25(24-15-18-13-19(30)9-10-21(18)26(31)32-24)28-33-27(34-35(28)2)17-6-5-7-20(14-17)36-3/h5-15,25H,4,30H2,1-3H3,(H2,31,32). The van der Waals surface area contributed by atoms with Gasteiger partial charge in [-0.2, -0.15) is 5.10 Å². The van der Waals surface area contributed by atoms with Crippen molar-refractivity contribution in [3.8, 4) is 17.1 Å². The molecule has 8 heteroatoms.